The fourth-order valence-corrected chi connectivity index (χ4v) is 1.49. The number of carboxylic acid groups (broad SMARTS) is 1. The van der Waals surface area contributed by atoms with Crippen molar-refractivity contribution < 1.29 is 23.4 Å². The Bertz CT molecular complexity index is 400. The number of aliphatic carboxylic acids is 1. The van der Waals surface area contributed by atoms with Gasteiger partial charge in [-0.1, -0.05) is 11.6 Å². The minimum Gasteiger partial charge on any atom is -0.476 e. The van der Waals surface area contributed by atoms with E-state index in [0.717, 1.165) is 12.1 Å². The van der Waals surface area contributed by atoms with Gasteiger partial charge < -0.3 is 9.84 Å². The molecule has 82 valence electrons. The molecular weight excluding hydrogens is 297 g/mol. The number of carbonyl (C=O) groups is 1. The minimum absolute atomic E-state index is 0.165. The van der Waals surface area contributed by atoms with Gasteiger partial charge in [0, 0.05) is 6.07 Å². The van der Waals surface area contributed by atoms with Crippen LogP contribution in [0.5, 0.6) is 5.75 Å². The third kappa shape index (κ3) is 3.04. The number of benzene rings is 1. The Morgan fingerprint density at radius 1 is 1.60 bits per heavy atom. The van der Waals surface area contributed by atoms with E-state index in [9.17, 15) is 13.6 Å². The van der Waals surface area contributed by atoms with Crippen LogP contribution >= 0.6 is 27.5 Å². The molecule has 0 heterocycles. The van der Waals surface area contributed by atoms with Crippen molar-refractivity contribution in [3.63, 3.8) is 0 Å². The topological polar surface area (TPSA) is 46.5 Å². The average molecular weight is 301 g/mol. The lowest BCUT2D eigenvalue weighted by molar-refractivity contribution is -0.153. The summed E-state index contributed by atoms with van der Waals surface area (Å²) in [7, 11) is 0. The Balaban J connectivity index is 2.95. The van der Waals surface area contributed by atoms with Crippen LogP contribution in [0.4, 0.5) is 8.78 Å². The van der Waals surface area contributed by atoms with Crippen molar-refractivity contribution in [1.29, 1.82) is 0 Å². The van der Waals surface area contributed by atoms with Crippen LogP contribution in [-0.4, -0.2) is 17.4 Å². The van der Waals surface area contributed by atoms with Crippen LogP contribution in [-0.2, 0) is 4.79 Å². The summed E-state index contributed by atoms with van der Waals surface area (Å²) in [5, 5.41) is 8.04. The second-order valence-electron chi connectivity index (χ2n) is 2.47. The Morgan fingerprint density at radius 2 is 2.20 bits per heavy atom. The van der Waals surface area contributed by atoms with Crippen molar-refractivity contribution in [2.75, 3.05) is 0 Å². The highest BCUT2D eigenvalue weighted by Gasteiger charge is 2.19. The van der Waals surface area contributed by atoms with Gasteiger partial charge in [-0.15, -0.1) is 0 Å². The van der Waals surface area contributed by atoms with Crippen LogP contribution < -0.4 is 4.74 Å². The van der Waals surface area contributed by atoms with Crippen LogP contribution in [0.25, 0.3) is 0 Å². The van der Waals surface area contributed by atoms with Crippen LogP contribution in [0.3, 0.4) is 0 Å². The van der Waals surface area contributed by atoms with Gasteiger partial charge in [0.2, 0.25) is 0 Å². The number of hydrogen-bond acceptors (Lipinski definition) is 2. The zero-order chi connectivity index (χ0) is 11.6. The minimum atomic E-state index is -2.55. The zero-order valence-electron chi connectivity index (χ0n) is 7.01. The first-order chi connectivity index (χ1) is 6.91. The fraction of sp³-hybridized carbons (Fsp3) is 0.125. The number of ether oxygens (including phenoxy) is 1. The van der Waals surface area contributed by atoms with Gasteiger partial charge in [-0.2, -0.15) is 4.39 Å². The van der Waals surface area contributed by atoms with Gasteiger partial charge in [-0.05, 0) is 22.0 Å². The number of halogens is 4. The molecule has 15 heavy (non-hydrogen) atoms. The van der Waals surface area contributed by atoms with Crippen LogP contribution in [0, 0.1) is 5.82 Å². The molecule has 0 aliphatic rings. The van der Waals surface area contributed by atoms with Crippen molar-refractivity contribution in [2.24, 2.45) is 0 Å². The predicted molar refractivity (Wildman–Crippen MR) is 52.3 cm³/mol. The summed E-state index contributed by atoms with van der Waals surface area (Å²) < 4.78 is 30.0. The maximum Gasteiger partial charge on any atom is 0.378 e. The van der Waals surface area contributed by atoms with Crippen molar-refractivity contribution >= 4 is 33.5 Å². The lowest BCUT2D eigenvalue weighted by Gasteiger charge is -2.09. The zero-order valence-corrected chi connectivity index (χ0v) is 9.35. The Kier molecular flexibility index (Phi) is 3.87. The van der Waals surface area contributed by atoms with E-state index in [4.69, 9.17) is 16.7 Å². The summed E-state index contributed by atoms with van der Waals surface area (Å²) in [6.07, 6.45) is -2.55. The summed E-state index contributed by atoms with van der Waals surface area (Å²) in [6, 6.07) is 1.93. The van der Waals surface area contributed by atoms with Crippen molar-refractivity contribution in [3.05, 3.63) is 27.4 Å². The third-order valence-corrected chi connectivity index (χ3v) is 2.31. The molecule has 0 saturated carbocycles. The normalized spacial score (nSPS) is 12.3. The summed E-state index contributed by atoms with van der Waals surface area (Å²) >= 11 is 8.34. The molecule has 1 aromatic rings. The number of carboxylic acids is 1. The van der Waals surface area contributed by atoms with Crippen LogP contribution in [0.2, 0.25) is 5.02 Å². The Labute approximate surface area is 96.7 Å². The Hall–Kier alpha value is -0.880. The van der Waals surface area contributed by atoms with E-state index < -0.39 is 18.1 Å². The lowest BCUT2D eigenvalue weighted by atomic mass is 10.3. The molecule has 1 atom stereocenters. The number of hydrogen-bond donors (Lipinski definition) is 1. The standard InChI is InChI=1S/C8H4BrClF2O3/c9-3-1-4(10)5(11)2-6(3)15-7(12)8(13)14/h1-2,7H,(H,13,14). The molecule has 0 saturated heterocycles. The van der Waals surface area contributed by atoms with E-state index in [-0.39, 0.29) is 15.2 Å². The third-order valence-electron chi connectivity index (χ3n) is 1.40. The first kappa shape index (κ1) is 12.2. The second-order valence-corrected chi connectivity index (χ2v) is 3.73. The second kappa shape index (κ2) is 4.76. The average Bonchev–Trinajstić information content (AvgIpc) is 2.13. The molecule has 1 rings (SSSR count). The number of rotatable bonds is 3. The fourth-order valence-electron chi connectivity index (χ4n) is 0.757. The van der Waals surface area contributed by atoms with Gasteiger partial charge in [0.05, 0.1) is 9.50 Å². The molecule has 0 bridgehead atoms. The Morgan fingerprint density at radius 3 is 2.73 bits per heavy atom. The molecule has 1 N–H and O–H groups in total. The largest absolute Gasteiger partial charge is 0.476 e. The molecule has 0 amide bonds. The molecule has 1 aromatic carbocycles. The summed E-state index contributed by atoms with van der Waals surface area (Å²) in [5.41, 5.74) is 0. The first-order valence-corrected chi connectivity index (χ1v) is 4.77. The van der Waals surface area contributed by atoms with Gasteiger partial charge >= 0.3 is 12.3 Å². The molecule has 0 aliphatic carbocycles. The highest BCUT2D eigenvalue weighted by molar-refractivity contribution is 9.10. The highest BCUT2D eigenvalue weighted by Crippen LogP contribution is 2.31. The maximum absolute atomic E-state index is 12.9. The summed E-state index contributed by atoms with van der Waals surface area (Å²) in [6.45, 7) is 0. The lowest BCUT2D eigenvalue weighted by Crippen LogP contribution is -2.21. The summed E-state index contributed by atoms with van der Waals surface area (Å²) in [5.74, 6) is -2.89. The quantitative estimate of drug-likeness (QED) is 0.873. The molecule has 7 heteroatoms. The molecule has 0 fully saturated rings. The SMILES string of the molecule is O=C(O)C(F)Oc1cc(F)c(Cl)cc1Br. The molecule has 0 spiro atoms. The molecule has 0 aromatic heterocycles. The van der Waals surface area contributed by atoms with Crippen molar-refractivity contribution in [2.45, 2.75) is 6.36 Å². The summed E-state index contributed by atoms with van der Waals surface area (Å²) in [4.78, 5) is 10.1. The van der Waals surface area contributed by atoms with Crippen molar-refractivity contribution in [1.82, 2.24) is 0 Å². The van der Waals surface area contributed by atoms with Gasteiger partial charge in [0.25, 0.3) is 0 Å². The highest BCUT2D eigenvalue weighted by atomic mass is 79.9. The van der Waals surface area contributed by atoms with E-state index in [0.29, 0.717) is 0 Å². The monoisotopic (exact) mass is 300 g/mol. The van der Waals surface area contributed by atoms with Crippen LogP contribution in [0.1, 0.15) is 0 Å². The van der Waals surface area contributed by atoms with E-state index in [1.54, 1.807) is 0 Å². The van der Waals surface area contributed by atoms with Gasteiger partial charge in [0.1, 0.15) is 11.6 Å². The van der Waals surface area contributed by atoms with Gasteiger partial charge in [-0.25, -0.2) is 9.18 Å². The molecule has 0 radical (unpaired) electrons. The number of alkyl halides is 1. The molecule has 0 aliphatic heterocycles. The van der Waals surface area contributed by atoms with Crippen molar-refractivity contribution in [3.8, 4) is 5.75 Å². The van der Waals surface area contributed by atoms with E-state index in [1.807, 2.05) is 0 Å². The smallest absolute Gasteiger partial charge is 0.378 e. The van der Waals surface area contributed by atoms with Gasteiger partial charge in [0.15, 0.2) is 0 Å². The van der Waals surface area contributed by atoms with Gasteiger partial charge in [-0.3, -0.25) is 0 Å². The van der Waals surface area contributed by atoms with E-state index in [2.05, 4.69) is 20.7 Å². The molecule has 1 unspecified atom stereocenters. The first-order valence-electron chi connectivity index (χ1n) is 3.60. The van der Waals surface area contributed by atoms with E-state index >= 15 is 0 Å². The van der Waals surface area contributed by atoms with E-state index in [1.165, 1.54) is 0 Å². The molecule has 3 nitrogen and oxygen atoms in total. The molecular formula is C8H4BrClF2O3. The maximum atomic E-state index is 12.9. The predicted octanol–water partition coefficient (Wildman–Crippen LogP) is 3.00. The van der Waals surface area contributed by atoms with Crippen LogP contribution in [0.15, 0.2) is 16.6 Å².